The quantitative estimate of drug-likeness (QED) is 0.656. The Bertz CT molecular complexity index is 539. The molecule has 0 bridgehead atoms. The third-order valence-electron chi connectivity index (χ3n) is 2.65. The van der Waals surface area contributed by atoms with Crippen LogP contribution in [0.5, 0.6) is 0 Å². The Morgan fingerprint density at radius 3 is 2.28 bits per heavy atom. The number of aliphatic hydroxyl groups excluding tert-OH is 1. The van der Waals surface area contributed by atoms with Crippen LogP contribution in [0.4, 0.5) is 0 Å². The third kappa shape index (κ3) is 3.15. The van der Waals surface area contributed by atoms with E-state index in [9.17, 15) is 4.79 Å². The first-order chi connectivity index (χ1) is 8.79. The lowest BCUT2D eigenvalue weighted by Crippen LogP contribution is -1.94. The highest BCUT2D eigenvalue weighted by Gasteiger charge is 2.01. The van der Waals surface area contributed by atoms with E-state index in [-0.39, 0.29) is 12.4 Å². The molecule has 2 aromatic rings. The summed E-state index contributed by atoms with van der Waals surface area (Å²) in [6.07, 6.45) is 3.35. The number of carbonyl (C=O) groups excluding carboxylic acids is 1. The minimum Gasteiger partial charge on any atom is -0.392 e. The summed E-state index contributed by atoms with van der Waals surface area (Å²) in [5.74, 6) is -0.0386. The Labute approximate surface area is 106 Å². The molecule has 0 heterocycles. The first-order valence-corrected chi connectivity index (χ1v) is 5.77. The van der Waals surface area contributed by atoms with E-state index in [1.807, 2.05) is 30.3 Å². The van der Waals surface area contributed by atoms with Gasteiger partial charge in [-0.2, -0.15) is 0 Å². The molecule has 2 heteroatoms. The van der Waals surface area contributed by atoms with Gasteiger partial charge in [0.1, 0.15) is 0 Å². The highest BCUT2D eigenvalue weighted by molar-refractivity contribution is 6.06. The van der Waals surface area contributed by atoms with Gasteiger partial charge in [0.25, 0.3) is 0 Å². The maximum absolute atomic E-state index is 11.9. The third-order valence-corrected chi connectivity index (χ3v) is 2.65. The number of rotatable bonds is 4. The monoisotopic (exact) mass is 238 g/mol. The van der Waals surface area contributed by atoms with Crippen LogP contribution in [-0.2, 0) is 6.61 Å². The van der Waals surface area contributed by atoms with Crippen LogP contribution in [-0.4, -0.2) is 10.9 Å². The first-order valence-electron chi connectivity index (χ1n) is 5.77. The van der Waals surface area contributed by atoms with Crippen molar-refractivity contribution in [1.82, 2.24) is 0 Å². The summed E-state index contributed by atoms with van der Waals surface area (Å²) < 4.78 is 0. The second kappa shape index (κ2) is 5.94. The van der Waals surface area contributed by atoms with Gasteiger partial charge < -0.3 is 5.11 Å². The Hall–Kier alpha value is -2.19. The predicted octanol–water partition coefficient (Wildman–Crippen LogP) is 3.08. The second-order valence-corrected chi connectivity index (χ2v) is 3.96. The molecule has 2 rings (SSSR count). The van der Waals surface area contributed by atoms with E-state index in [4.69, 9.17) is 5.11 Å². The topological polar surface area (TPSA) is 37.3 Å². The largest absolute Gasteiger partial charge is 0.392 e. The zero-order chi connectivity index (χ0) is 12.8. The van der Waals surface area contributed by atoms with E-state index in [1.54, 1.807) is 36.4 Å². The molecule has 18 heavy (non-hydrogen) atoms. The van der Waals surface area contributed by atoms with Crippen molar-refractivity contribution >= 4 is 11.9 Å². The van der Waals surface area contributed by atoms with E-state index < -0.39 is 0 Å². The Kier molecular flexibility index (Phi) is 4.05. The van der Waals surface area contributed by atoms with Gasteiger partial charge in [-0.15, -0.1) is 0 Å². The molecule has 0 aliphatic heterocycles. The highest BCUT2D eigenvalue weighted by atomic mass is 16.3. The van der Waals surface area contributed by atoms with Crippen LogP contribution < -0.4 is 0 Å². The molecule has 1 N–H and O–H groups in total. The molecule has 0 spiro atoms. The van der Waals surface area contributed by atoms with Crippen molar-refractivity contribution in [3.8, 4) is 0 Å². The zero-order valence-electron chi connectivity index (χ0n) is 9.91. The fourth-order valence-corrected chi connectivity index (χ4v) is 1.61. The van der Waals surface area contributed by atoms with Gasteiger partial charge in [0.15, 0.2) is 5.78 Å². The lowest BCUT2D eigenvalue weighted by Gasteiger charge is -1.98. The van der Waals surface area contributed by atoms with Gasteiger partial charge >= 0.3 is 0 Å². The molecule has 2 aromatic carbocycles. The van der Waals surface area contributed by atoms with E-state index in [2.05, 4.69) is 0 Å². The van der Waals surface area contributed by atoms with Crippen LogP contribution in [0.25, 0.3) is 6.08 Å². The van der Waals surface area contributed by atoms with Gasteiger partial charge in [-0.05, 0) is 17.2 Å². The summed E-state index contributed by atoms with van der Waals surface area (Å²) in [5.41, 5.74) is 2.43. The molecule has 0 saturated carbocycles. The lowest BCUT2D eigenvalue weighted by molar-refractivity contribution is 0.104. The van der Waals surface area contributed by atoms with Crippen LogP contribution >= 0.6 is 0 Å². The molecule has 0 aliphatic carbocycles. The van der Waals surface area contributed by atoms with E-state index >= 15 is 0 Å². The molecule has 0 fully saturated rings. The van der Waals surface area contributed by atoms with E-state index in [0.717, 1.165) is 11.1 Å². The predicted molar refractivity (Wildman–Crippen MR) is 72.2 cm³/mol. The summed E-state index contributed by atoms with van der Waals surface area (Å²) in [6, 6.07) is 16.6. The van der Waals surface area contributed by atoms with Crippen LogP contribution in [0.15, 0.2) is 60.7 Å². The molecule has 90 valence electrons. The van der Waals surface area contributed by atoms with Crippen molar-refractivity contribution in [3.05, 3.63) is 77.4 Å². The van der Waals surface area contributed by atoms with Gasteiger partial charge in [0.05, 0.1) is 6.61 Å². The van der Waals surface area contributed by atoms with Crippen molar-refractivity contribution in [2.45, 2.75) is 6.61 Å². The first kappa shape index (κ1) is 12.3. The number of aliphatic hydroxyl groups is 1. The molecular weight excluding hydrogens is 224 g/mol. The number of allylic oxidation sites excluding steroid dienone is 1. The van der Waals surface area contributed by atoms with Crippen molar-refractivity contribution in [1.29, 1.82) is 0 Å². The second-order valence-electron chi connectivity index (χ2n) is 3.96. The number of hydrogen-bond donors (Lipinski definition) is 1. The normalized spacial score (nSPS) is 10.7. The lowest BCUT2D eigenvalue weighted by atomic mass is 10.1. The molecule has 0 saturated heterocycles. The maximum atomic E-state index is 11.9. The average molecular weight is 238 g/mol. The van der Waals surface area contributed by atoms with Crippen molar-refractivity contribution in [3.63, 3.8) is 0 Å². The fourth-order valence-electron chi connectivity index (χ4n) is 1.61. The summed E-state index contributed by atoms with van der Waals surface area (Å²) in [5, 5.41) is 8.92. The number of benzene rings is 2. The number of ketones is 1. The van der Waals surface area contributed by atoms with Gasteiger partial charge in [-0.1, -0.05) is 60.7 Å². The van der Waals surface area contributed by atoms with E-state index in [0.29, 0.717) is 5.56 Å². The fraction of sp³-hybridized carbons (Fsp3) is 0.0625. The van der Waals surface area contributed by atoms with Crippen molar-refractivity contribution in [2.24, 2.45) is 0 Å². The van der Waals surface area contributed by atoms with Gasteiger partial charge in [-0.3, -0.25) is 4.79 Å². The van der Waals surface area contributed by atoms with Crippen LogP contribution in [0.1, 0.15) is 21.5 Å². The van der Waals surface area contributed by atoms with Crippen molar-refractivity contribution in [2.75, 3.05) is 0 Å². The Morgan fingerprint density at radius 2 is 1.67 bits per heavy atom. The molecule has 0 amide bonds. The molecule has 0 radical (unpaired) electrons. The number of carbonyl (C=O) groups is 1. The molecule has 0 aliphatic rings. The summed E-state index contributed by atoms with van der Waals surface area (Å²) >= 11 is 0. The smallest absolute Gasteiger partial charge is 0.185 e. The maximum Gasteiger partial charge on any atom is 0.185 e. The Morgan fingerprint density at radius 1 is 1.00 bits per heavy atom. The Balaban J connectivity index is 2.09. The summed E-state index contributed by atoms with van der Waals surface area (Å²) in [4.78, 5) is 11.9. The van der Waals surface area contributed by atoms with Crippen molar-refractivity contribution < 1.29 is 9.90 Å². The SMILES string of the molecule is O=C(C=Cc1ccccc1)c1ccc(CO)cc1. The highest BCUT2D eigenvalue weighted by Crippen LogP contribution is 2.08. The minimum absolute atomic E-state index is 0.00563. The van der Waals surface area contributed by atoms with Gasteiger partial charge in [0.2, 0.25) is 0 Å². The molecule has 2 nitrogen and oxygen atoms in total. The molecule has 0 aromatic heterocycles. The zero-order valence-corrected chi connectivity index (χ0v) is 9.91. The van der Waals surface area contributed by atoms with E-state index in [1.165, 1.54) is 0 Å². The van der Waals surface area contributed by atoms with Crippen LogP contribution in [0, 0.1) is 0 Å². The standard InChI is InChI=1S/C16H14O2/c17-12-14-6-9-15(10-7-14)16(18)11-8-13-4-2-1-3-5-13/h1-11,17H,12H2. The minimum atomic E-state index is -0.0386. The van der Waals surface area contributed by atoms with Gasteiger partial charge in [0, 0.05) is 5.56 Å². The van der Waals surface area contributed by atoms with Gasteiger partial charge in [-0.25, -0.2) is 0 Å². The summed E-state index contributed by atoms with van der Waals surface area (Å²) in [6.45, 7) is -0.00563. The summed E-state index contributed by atoms with van der Waals surface area (Å²) in [7, 11) is 0. The molecule has 0 atom stereocenters. The number of hydrogen-bond acceptors (Lipinski definition) is 2. The molecule has 0 unspecified atom stereocenters. The molecular formula is C16H14O2. The van der Waals surface area contributed by atoms with Crippen LogP contribution in [0.2, 0.25) is 0 Å². The van der Waals surface area contributed by atoms with Crippen LogP contribution in [0.3, 0.4) is 0 Å². The average Bonchev–Trinajstić information content (AvgIpc) is 2.46.